The van der Waals surface area contributed by atoms with Gasteiger partial charge in [0.2, 0.25) is 0 Å². The van der Waals surface area contributed by atoms with E-state index in [2.05, 4.69) is 50.4 Å². The number of rotatable bonds is 5. The van der Waals surface area contributed by atoms with E-state index in [1.165, 1.54) is 11.1 Å². The lowest BCUT2D eigenvalue weighted by atomic mass is 10.0. The molecule has 0 spiro atoms. The number of benzene rings is 1. The molecule has 0 aliphatic heterocycles. The number of hydrogen-bond donors (Lipinski definition) is 1. The smallest absolute Gasteiger partial charge is 0.120 e. The normalized spacial score (nSPS) is 14.4. The molecule has 2 rings (SSSR count). The van der Waals surface area contributed by atoms with Gasteiger partial charge in [0.1, 0.15) is 5.76 Å². The molecule has 0 bridgehead atoms. The molecular weight excluding hydrogens is 222 g/mol. The van der Waals surface area contributed by atoms with Gasteiger partial charge in [-0.1, -0.05) is 36.8 Å². The molecule has 2 aromatic rings. The Hall–Kier alpha value is -1.54. The average Bonchev–Trinajstić information content (AvgIpc) is 2.91. The van der Waals surface area contributed by atoms with Gasteiger partial charge in [-0.15, -0.1) is 0 Å². The molecule has 1 unspecified atom stereocenters. The minimum atomic E-state index is 0.228. The molecule has 96 valence electrons. The molecule has 2 atom stereocenters. The summed E-state index contributed by atoms with van der Waals surface area (Å²) in [6.45, 7) is 6.45. The maximum Gasteiger partial charge on any atom is 0.120 e. The Kier molecular flexibility index (Phi) is 4.21. The third-order valence-electron chi connectivity index (χ3n) is 3.31. The molecule has 1 aromatic heterocycles. The van der Waals surface area contributed by atoms with Gasteiger partial charge >= 0.3 is 0 Å². The third kappa shape index (κ3) is 3.02. The molecule has 0 amide bonds. The van der Waals surface area contributed by atoms with Crippen molar-refractivity contribution in [3.05, 3.63) is 59.5 Å². The zero-order chi connectivity index (χ0) is 13.0. The number of nitrogens with one attached hydrogen (secondary N) is 1. The first kappa shape index (κ1) is 12.9. The van der Waals surface area contributed by atoms with E-state index in [9.17, 15) is 0 Å². The summed E-state index contributed by atoms with van der Waals surface area (Å²) in [5, 5.41) is 3.61. The molecule has 1 N–H and O–H groups in total. The highest BCUT2D eigenvalue weighted by Gasteiger charge is 2.15. The van der Waals surface area contributed by atoms with Gasteiger partial charge in [0, 0.05) is 6.04 Å². The highest BCUT2D eigenvalue weighted by atomic mass is 16.3. The Bertz CT molecular complexity index is 458. The van der Waals surface area contributed by atoms with Crippen molar-refractivity contribution < 1.29 is 4.42 Å². The zero-order valence-corrected chi connectivity index (χ0v) is 11.3. The summed E-state index contributed by atoms with van der Waals surface area (Å²) >= 11 is 0. The summed E-state index contributed by atoms with van der Waals surface area (Å²) in [6, 6.07) is 13.3. The second-order valence-corrected chi connectivity index (χ2v) is 4.78. The minimum absolute atomic E-state index is 0.228. The van der Waals surface area contributed by atoms with Gasteiger partial charge in [0.25, 0.3) is 0 Å². The fourth-order valence-corrected chi connectivity index (χ4v) is 2.17. The van der Waals surface area contributed by atoms with Gasteiger partial charge in [-0.25, -0.2) is 0 Å². The largest absolute Gasteiger partial charge is 0.468 e. The van der Waals surface area contributed by atoms with Crippen LogP contribution in [0.1, 0.15) is 49.2 Å². The first-order valence-electron chi connectivity index (χ1n) is 6.56. The van der Waals surface area contributed by atoms with Crippen molar-refractivity contribution in [3.8, 4) is 0 Å². The standard InChI is InChI=1S/C16H21NO/c1-4-15(14-9-7-12(2)8-10-14)17-13(3)16-6-5-11-18-16/h5-11,13,15,17H,4H2,1-3H3/t13-,15?/m0/s1. The van der Waals surface area contributed by atoms with Crippen LogP contribution in [0.15, 0.2) is 47.1 Å². The van der Waals surface area contributed by atoms with Crippen molar-refractivity contribution in [2.45, 2.75) is 39.3 Å². The Balaban J connectivity index is 2.07. The highest BCUT2D eigenvalue weighted by molar-refractivity contribution is 5.24. The summed E-state index contributed by atoms with van der Waals surface area (Å²) in [5.74, 6) is 0.987. The molecule has 0 aliphatic carbocycles. The van der Waals surface area contributed by atoms with Gasteiger partial charge in [0.15, 0.2) is 0 Å². The van der Waals surface area contributed by atoms with Gasteiger partial charge < -0.3 is 9.73 Å². The van der Waals surface area contributed by atoms with Crippen LogP contribution in [-0.2, 0) is 0 Å². The van der Waals surface area contributed by atoms with Gasteiger partial charge in [-0.05, 0) is 38.0 Å². The third-order valence-corrected chi connectivity index (χ3v) is 3.31. The molecule has 1 aromatic carbocycles. The van der Waals surface area contributed by atoms with E-state index in [1.807, 2.05) is 12.1 Å². The maximum absolute atomic E-state index is 5.43. The minimum Gasteiger partial charge on any atom is -0.468 e. The predicted octanol–water partition coefficient (Wildman–Crippen LogP) is 4.39. The Labute approximate surface area is 109 Å². The molecule has 0 aliphatic rings. The van der Waals surface area contributed by atoms with Crippen LogP contribution in [0.3, 0.4) is 0 Å². The summed E-state index contributed by atoms with van der Waals surface area (Å²) in [6.07, 6.45) is 2.79. The summed E-state index contributed by atoms with van der Waals surface area (Å²) in [5.41, 5.74) is 2.63. The van der Waals surface area contributed by atoms with Crippen molar-refractivity contribution in [3.63, 3.8) is 0 Å². The molecule has 0 saturated heterocycles. The number of hydrogen-bond acceptors (Lipinski definition) is 2. The van der Waals surface area contributed by atoms with Gasteiger partial charge in [-0.2, -0.15) is 0 Å². The maximum atomic E-state index is 5.43. The molecular formula is C16H21NO. The lowest BCUT2D eigenvalue weighted by molar-refractivity contribution is 0.387. The van der Waals surface area contributed by atoms with Crippen molar-refractivity contribution >= 4 is 0 Å². The van der Waals surface area contributed by atoms with Gasteiger partial charge in [-0.3, -0.25) is 0 Å². The summed E-state index contributed by atoms with van der Waals surface area (Å²) in [4.78, 5) is 0. The van der Waals surface area contributed by atoms with E-state index in [1.54, 1.807) is 6.26 Å². The number of furan rings is 1. The van der Waals surface area contributed by atoms with Crippen LogP contribution >= 0.6 is 0 Å². The Morgan fingerprint density at radius 3 is 2.44 bits per heavy atom. The van der Waals surface area contributed by atoms with Crippen molar-refractivity contribution in [2.24, 2.45) is 0 Å². The first-order chi connectivity index (χ1) is 8.70. The number of aryl methyl sites for hydroxylation is 1. The van der Waals surface area contributed by atoms with Crippen LogP contribution in [0, 0.1) is 6.92 Å². The topological polar surface area (TPSA) is 25.2 Å². The van der Waals surface area contributed by atoms with Crippen LogP contribution in [0.4, 0.5) is 0 Å². The molecule has 0 saturated carbocycles. The molecule has 2 nitrogen and oxygen atoms in total. The van der Waals surface area contributed by atoms with E-state index in [4.69, 9.17) is 4.42 Å². The summed E-state index contributed by atoms with van der Waals surface area (Å²) in [7, 11) is 0. The molecule has 2 heteroatoms. The summed E-state index contributed by atoms with van der Waals surface area (Å²) < 4.78 is 5.43. The van der Waals surface area contributed by atoms with Crippen LogP contribution < -0.4 is 5.32 Å². The second-order valence-electron chi connectivity index (χ2n) is 4.78. The Morgan fingerprint density at radius 1 is 1.17 bits per heavy atom. The quantitative estimate of drug-likeness (QED) is 0.842. The van der Waals surface area contributed by atoms with Crippen LogP contribution in [0.25, 0.3) is 0 Å². The van der Waals surface area contributed by atoms with E-state index in [0.717, 1.165) is 12.2 Å². The second kappa shape index (κ2) is 5.87. The molecule has 0 radical (unpaired) electrons. The Morgan fingerprint density at radius 2 is 1.89 bits per heavy atom. The lowest BCUT2D eigenvalue weighted by Crippen LogP contribution is -2.23. The zero-order valence-electron chi connectivity index (χ0n) is 11.3. The van der Waals surface area contributed by atoms with Crippen molar-refractivity contribution in [2.75, 3.05) is 0 Å². The first-order valence-corrected chi connectivity index (χ1v) is 6.56. The lowest BCUT2D eigenvalue weighted by Gasteiger charge is -2.21. The van der Waals surface area contributed by atoms with Gasteiger partial charge in [0.05, 0.1) is 12.3 Å². The van der Waals surface area contributed by atoms with Crippen molar-refractivity contribution in [1.29, 1.82) is 0 Å². The van der Waals surface area contributed by atoms with E-state index in [-0.39, 0.29) is 6.04 Å². The fourth-order valence-electron chi connectivity index (χ4n) is 2.17. The van der Waals surface area contributed by atoms with Crippen LogP contribution in [0.2, 0.25) is 0 Å². The SMILES string of the molecule is CCC(N[C@@H](C)c1ccco1)c1ccc(C)cc1. The fraction of sp³-hybridized carbons (Fsp3) is 0.375. The van der Waals surface area contributed by atoms with E-state index in [0.29, 0.717) is 6.04 Å². The monoisotopic (exact) mass is 243 g/mol. The predicted molar refractivity (Wildman–Crippen MR) is 74.5 cm³/mol. The molecule has 1 heterocycles. The van der Waals surface area contributed by atoms with E-state index >= 15 is 0 Å². The van der Waals surface area contributed by atoms with E-state index < -0.39 is 0 Å². The molecule has 0 fully saturated rings. The van der Waals surface area contributed by atoms with Crippen LogP contribution in [0.5, 0.6) is 0 Å². The molecule has 18 heavy (non-hydrogen) atoms. The average molecular weight is 243 g/mol. The highest BCUT2D eigenvalue weighted by Crippen LogP contribution is 2.22. The van der Waals surface area contributed by atoms with Crippen LogP contribution in [-0.4, -0.2) is 0 Å². The van der Waals surface area contributed by atoms with Crippen molar-refractivity contribution in [1.82, 2.24) is 5.32 Å².